The summed E-state index contributed by atoms with van der Waals surface area (Å²) in [4.78, 5) is 0. The first-order valence-corrected chi connectivity index (χ1v) is 6.15. The van der Waals surface area contributed by atoms with Gasteiger partial charge < -0.3 is 10.1 Å². The van der Waals surface area contributed by atoms with E-state index in [1.807, 2.05) is 0 Å². The Morgan fingerprint density at radius 3 is 2.56 bits per heavy atom. The summed E-state index contributed by atoms with van der Waals surface area (Å²) < 4.78 is 5.19. The molecule has 2 nitrogen and oxygen atoms in total. The first-order chi connectivity index (χ1) is 7.88. The van der Waals surface area contributed by atoms with Crippen molar-refractivity contribution in [3.63, 3.8) is 0 Å². The van der Waals surface area contributed by atoms with Crippen molar-refractivity contribution in [2.75, 3.05) is 13.7 Å². The third-order valence-corrected chi connectivity index (χ3v) is 2.69. The number of benzene rings is 1. The molecule has 1 rings (SSSR count). The largest absolute Gasteiger partial charge is 0.380 e. The van der Waals surface area contributed by atoms with E-state index in [0.29, 0.717) is 6.61 Å². The molecule has 0 spiro atoms. The molecule has 0 heterocycles. The zero-order chi connectivity index (χ0) is 11.6. The fourth-order valence-corrected chi connectivity index (χ4v) is 1.75. The molecule has 0 saturated heterocycles. The third-order valence-electron chi connectivity index (χ3n) is 2.69. The Morgan fingerprint density at radius 1 is 1.12 bits per heavy atom. The highest BCUT2D eigenvalue weighted by molar-refractivity contribution is 5.26. The van der Waals surface area contributed by atoms with Crippen LogP contribution in [0.15, 0.2) is 24.3 Å². The lowest BCUT2D eigenvalue weighted by Crippen LogP contribution is -2.15. The van der Waals surface area contributed by atoms with Crippen LogP contribution in [0, 0.1) is 0 Å². The lowest BCUT2D eigenvalue weighted by molar-refractivity contribution is 0.184. The van der Waals surface area contributed by atoms with E-state index < -0.39 is 0 Å². The molecule has 0 bridgehead atoms. The van der Waals surface area contributed by atoms with Crippen LogP contribution >= 0.6 is 0 Å². The molecule has 0 aliphatic carbocycles. The molecule has 16 heavy (non-hydrogen) atoms. The molecule has 1 N–H and O–H groups in total. The molecule has 0 aromatic heterocycles. The Balaban J connectivity index is 2.34. The molecular weight excluding hydrogens is 198 g/mol. The summed E-state index contributed by atoms with van der Waals surface area (Å²) in [6, 6.07) is 8.45. The lowest BCUT2D eigenvalue weighted by Gasteiger charge is -2.09. The molecule has 90 valence electrons. The van der Waals surface area contributed by atoms with Crippen molar-refractivity contribution in [3.8, 4) is 0 Å². The second-order valence-electron chi connectivity index (χ2n) is 4.09. The number of hydrogen-bond acceptors (Lipinski definition) is 2. The van der Waals surface area contributed by atoms with Gasteiger partial charge in [0.25, 0.3) is 0 Å². The molecule has 0 atom stereocenters. The summed E-state index contributed by atoms with van der Waals surface area (Å²) in [5, 5.41) is 3.48. The molecule has 2 heteroatoms. The second kappa shape index (κ2) is 8.31. The maximum Gasteiger partial charge on any atom is 0.0716 e. The maximum absolute atomic E-state index is 5.19. The molecule has 0 fully saturated rings. The van der Waals surface area contributed by atoms with Crippen LogP contribution in [0.1, 0.15) is 37.3 Å². The highest BCUT2D eigenvalue weighted by atomic mass is 16.5. The predicted molar refractivity (Wildman–Crippen MR) is 68.4 cm³/mol. The Hall–Kier alpha value is -0.860. The molecule has 0 saturated carbocycles. The van der Waals surface area contributed by atoms with Gasteiger partial charge in [-0.15, -0.1) is 0 Å². The Bertz CT molecular complexity index is 286. The highest BCUT2D eigenvalue weighted by Crippen LogP contribution is 2.09. The average molecular weight is 221 g/mol. The SMILES string of the molecule is CCCCCNCc1ccccc1COC. The standard InChI is InChI=1S/C14H23NO/c1-3-4-7-10-15-11-13-8-5-6-9-14(13)12-16-2/h5-6,8-9,15H,3-4,7,10-12H2,1-2H3. The molecule has 1 aromatic rings. The highest BCUT2D eigenvalue weighted by Gasteiger charge is 2.00. The van der Waals surface area contributed by atoms with Gasteiger partial charge in [0.2, 0.25) is 0 Å². The van der Waals surface area contributed by atoms with Crippen LogP contribution in [0.4, 0.5) is 0 Å². The van der Waals surface area contributed by atoms with Crippen molar-refractivity contribution < 1.29 is 4.74 Å². The molecule has 0 radical (unpaired) electrons. The molecule has 0 aliphatic rings. The van der Waals surface area contributed by atoms with Crippen molar-refractivity contribution in [3.05, 3.63) is 35.4 Å². The zero-order valence-electron chi connectivity index (χ0n) is 10.5. The van der Waals surface area contributed by atoms with Crippen LogP contribution in [0.2, 0.25) is 0 Å². The second-order valence-corrected chi connectivity index (χ2v) is 4.09. The normalized spacial score (nSPS) is 10.6. The minimum Gasteiger partial charge on any atom is -0.380 e. The van der Waals surface area contributed by atoms with Gasteiger partial charge in [-0.1, -0.05) is 44.0 Å². The van der Waals surface area contributed by atoms with E-state index in [-0.39, 0.29) is 0 Å². The number of unbranched alkanes of at least 4 members (excludes halogenated alkanes) is 2. The number of nitrogens with one attached hydrogen (secondary N) is 1. The summed E-state index contributed by atoms with van der Waals surface area (Å²) in [5.74, 6) is 0. The molecular formula is C14H23NO. The van der Waals surface area contributed by atoms with Gasteiger partial charge in [-0.05, 0) is 24.1 Å². The number of hydrogen-bond donors (Lipinski definition) is 1. The Labute approximate surface area is 99.0 Å². The van der Waals surface area contributed by atoms with Crippen molar-refractivity contribution in [2.24, 2.45) is 0 Å². The van der Waals surface area contributed by atoms with E-state index in [1.165, 1.54) is 30.4 Å². The third kappa shape index (κ3) is 4.77. The van der Waals surface area contributed by atoms with Crippen molar-refractivity contribution in [2.45, 2.75) is 39.3 Å². The molecule has 0 aliphatic heterocycles. The first-order valence-electron chi connectivity index (χ1n) is 6.15. The van der Waals surface area contributed by atoms with Crippen LogP contribution in [-0.2, 0) is 17.9 Å². The van der Waals surface area contributed by atoms with Crippen LogP contribution in [0.3, 0.4) is 0 Å². The molecule has 0 amide bonds. The van der Waals surface area contributed by atoms with Gasteiger partial charge in [0, 0.05) is 13.7 Å². The van der Waals surface area contributed by atoms with E-state index in [1.54, 1.807) is 7.11 Å². The Kier molecular flexibility index (Phi) is 6.86. The quantitative estimate of drug-likeness (QED) is 0.681. The number of ether oxygens (including phenoxy) is 1. The van der Waals surface area contributed by atoms with Gasteiger partial charge in [0.05, 0.1) is 6.61 Å². The smallest absolute Gasteiger partial charge is 0.0716 e. The van der Waals surface area contributed by atoms with Crippen LogP contribution < -0.4 is 5.32 Å². The van der Waals surface area contributed by atoms with E-state index in [4.69, 9.17) is 4.74 Å². The van der Waals surface area contributed by atoms with Crippen LogP contribution in [0.25, 0.3) is 0 Å². The monoisotopic (exact) mass is 221 g/mol. The minimum atomic E-state index is 0.701. The summed E-state index contributed by atoms with van der Waals surface area (Å²) in [5.41, 5.74) is 2.63. The van der Waals surface area contributed by atoms with E-state index in [2.05, 4.69) is 36.5 Å². The van der Waals surface area contributed by atoms with Crippen molar-refractivity contribution >= 4 is 0 Å². The van der Waals surface area contributed by atoms with E-state index in [9.17, 15) is 0 Å². The summed E-state index contributed by atoms with van der Waals surface area (Å²) in [6.45, 7) is 4.99. The van der Waals surface area contributed by atoms with Gasteiger partial charge in [-0.25, -0.2) is 0 Å². The minimum absolute atomic E-state index is 0.701. The summed E-state index contributed by atoms with van der Waals surface area (Å²) in [6.07, 6.45) is 3.86. The van der Waals surface area contributed by atoms with E-state index in [0.717, 1.165) is 13.1 Å². The van der Waals surface area contributed by atoms with Crippen LogP contribution in [-0.4, -0.2) is 13.7 Å². The number of rotatable bonds is 8. The topological polar surface area (TPSA) is 21.3 Å². The average Bonchev–Trinajstić information content (AvgIpc) is 2.31. The predicted octanol–water partition coefficient (Wildman–Crippen LogP) is 3.11. The summed E-state index contributed by atoms with van der Waals surface area (Å²) >= 11 is 0. The molecule has 1 aromatic carbocycles. The van der Waals surface area contributed by atoms with Gasteiger partial charge in [0.15, 0.2) is 0 Å². The van der Waals surface area contributed by atoms with Gasteiger partial charge in [-0.2, -0.15) is 0 Å². The van der Waals surface area contributed by atoms with Gasteiger partial charge in [0.1, 0.15) is 0 Å². The van der Waals surface area contributed by atoms with E-state index >= 15 is 0 Å². The van der Waals surface area contributed by atoms with Crippen molar-refractivity contribution in [1.82, 2.24) is 5.32 Å². The fourth-order valence-electron chi connectivity index (χ4n) is 1.75. The lowest BCUT2D eigenvalue weighted by atomic mass is 10.1. The Morgan fingerprint density at radius 2 is 1.88 bits per heavy atom. The fraction of sp³-hybridized carbons (Fsp3) is 0.571. The maximum atomic E-state index is 5.19. The summed E-state index contributed by atoms with van der Waals surface area (Å²) in [7, 11) is 1.74. The zero-order valence-corrected chi connectivity index (χ0v) is 10.5. The molecule has 0 unspecified atom stereocenters. The number of methoxy groups -OCH3 is 1. The first kappa shape index (κ1) is 13.2. The van der Waals surface area contributed by atoms with Crippen LogP contribution in [0.5, 0.6) is 0 Å². The van der Waals surface area contributed by atoms with Crippen molar-refractivity contribution in [1.29, 1.82) is 0 Å². The van der Waals surface area contributed by atoms with Gasteiger partial charge >= 0.3 is 0 Å². The van der Waals surface area contributed by atoms with Gasteiger partial charge in [-0.3, -0.25) is 0 Å².